The van der Waals surface area contributed by atoms with Gasteiger partial charge in [-0.25, -0.2) is 0 Å². The quantitative estimate of drug-likeness (QED) is 0.583. The topological polar surface area (TPSA) is 52.6 Å². The predicted molar refractivity (Wildman–Crippen MR) is 52.5 cm³/mol. The van der Waals surface area contributed by atoms with Crippen LogP contribution < -0.4 is 5.32 Å². The maximum atomic E-state index is 11.2. The van der Waals surface area contributed by atoms with Gasteiger partial charge in [-0.15, -0.1) is 0 Å². The largest absolute Gasteiger partial charge is 0.395 e. The molecule has 0 aliphatic heterocycles. The minimum absolute atomic E-state index is 0.00560. The molecule has 0 aliphatic carbocycles. The predicted octanol–water partition coefficient (Wildman–Crippen LogP) is -0.173. The Hall–Kier alpha value is -0.610. The third-order valence-electron chi connectivity index (χ3n) is 1.79. The van der Waals surface area contributed by atoms with Crippen LogP contribution in [0.4, 0.5) is 0 Å². The molecule has 0 spiro atoms. The molecule has 0 unspecified atom stereocenters. The Balaban J connectivity index is 3.60. The van der Waals surface area contributed by atoms with Gasteiger partial charge in [0.2, 0.25) is 5.91 Å². The highest BCUT2D eigenvalue weighted by molar-refractivity contribution is 5.77. The number of aliphatic hydroxyl groups excluding tert-OH is 1. The zero-order valence-electron chi connectivity index (χ0n) is 8.55. The van der Waals surface area contributed by atoms with E-state index in [2.05, 4.69) is 17.1 Å². The molecule has 4 nitrogen and oxygen atoms in total. The van der Waals surface area contributed by atoms with Crippen molar-refractivity contribution in [1.29, 1.82) is 0 Å². The van der Waals surface area contributed by atoms with Crippen LogP contribution in [0.3, 0.4) is 0 Å². The summed E-state index contributed by atoms with van der Waals surface area (Å²) in [6.45, 7) is 6.76. The van der Waals surface area contributed by atoms with Crippen LogP contribution in [0.15, 0.2) is 0 Å². The molecule has 0 fully saturated rings. The van der Waals surface area contributed by atoms with Gasteiger partial charge in [-0.2, -0.15) is 0 Å². The second-order valence-corrected chi connectivity index (χ2v) is 2.94. The van der Waals surface area contributed by atoms with Crippen molar-refractivity contribution in [3.63, 3.8) is 0 Å². The monoisotopic (exact) mass is 188 g/mol. The van der Waals surface area contributed by atoms with E-state index < -0.39 is 0 Å². The number of rotatable bonds is 7. The van der Waals surface area contributed by atoms with Crippen LogP contribution in [0.25, 0.3) is 0 Å². The summed E-state index contributed by atoms with van der Waals surface area (Å²) in [6.07, 6.45) is 1.06. The molecule has 0 aromatic rings. The first-order valence-corrected chi connectivity index (χ1v) is 4.84. The second kappa shape index (κ2) is 8.01. The van der Waals surface area contributed by atoms with Gasteiger partial charge in [0, 0.05) is 6.54 Å². The first-order chi connectivity index (χ1) is 6.24. The van der Waals surface area contributed by atoms with Crippen molar-refractivity contribution in [3.8, 4) is 0 Å². The fourth-order valence-corrected chi connectivity index (χ4v) is 1.12. The summed E-state index contributed by atoms with van der Waals surface area (Å²) in [7, 11) is 0. The van der Waals surface area contributed by atoms with Crippen molar-refractivity contribution in [2.24, 2.45) is 0 Å². The number of likely N-dealkylation sites (N-methyl/N-ethyl adjacent to an activating group) is 1. The van der Waals surface area contributed by atoms with Gasteiger partial charge in [0.15, 0.2) is 0 Å². The highest BCUT2D eigenvalue weighted by Crippen LogP contribution is 1.89. The van der Waals surface area contributed by atoms with E-state index >= 15 is 0 Å². The van der Waals surface area contributed by atoms with E-state index in [1.165, 1.54) is 0 Å². The van der Waals surface area contributed by atoms with E-state index in [-0.39, 0.29) is 12.5 Å². The Kier molecular flexibility index (Phi) is 7.63. The van der Waals surface area contributed by atoms with Gasteiger partial charge in [0.25, 0.3) is 0 Å². The Morgan fingerprint density at radius 1 is 1.46 bits per heavy atom. The molecule has 0 aromatic carbocycles. The number of nitrogens with one attached hydrogen (secondary N) is 1. The summed E-state index contributed by atoms with van der Waals surface area (Å²) < 4.78 is 0. The molecule has 0 bridgehead atoms. The molecule has 0 aliphatic rings. The molecule has 0 aromatic heterocycles. The van der Waals surface area contributed by atoms with Crippen molar-refractivity contribution in [3.05, 3.63) is 0 Å². The molecule has 0 radical (unpaired) electrons. The SMILES string of the molecule is CCCN(CC)CC(=O)NCCO. The third-order valence-corrected chi connectivity index (χ3v) is 1.79. The van der Waals surface area contributed by atoms with Gasteiger partial charge in [-0.1, -0.05) is 13.8 Å². The molecule has 4 heteroatoms. The lowest BCUT2D eigenvalue weighted by molar-refractivity contribution is -0.122. The number of hydrogen-bond donors (Lipinski definition) is 2. The first-order valence-electron chi connectivity index (χ1n) is 4.84. The molecule has 78 valence electrons. The van der Waals surface area contributed by atoms with Gasteiger partial charge >= 0.3 is 0 Å². The summed E-state index contributed by atoms with van der Waals surface area (Å²) in [4.78, 5) is 13.3. The van der Waals surface area contributed by atoms with Crippen LogP contribution in [0.1, 0.15) is 20.3 Å². The van der Waals surface area contributed by atoms with Crippen molar-refractivity contribution >= 4 is 5.91 Å². The van der Waals surface area contributed by atoms with Gasteiger partial charge < -0.3 is 10.4 Å². The minimum atomic E-state index is -0.00986. The average Bonchev–Trinajstić information content (AvgIpc) is 2.14. The summed E-state index contributed by atoms with van der Waals surface area (Å²) in [5, 5.41) is 11.1. The number of carbonyl (C=O) groups excluding carboxylic acids is 1. The maximum Gasteiger partial charge on any atom is 0.234 e. The summed E-state index contributed by atoms with van der Waals surface area (Å²) in [5.41, 5.74) is 0. The van der Waals surface area contributed by atoms with Crippen molar-refractivity contribution in [2.45, 2.75) is 20.3 Å². The Morgan fingerprint density at radius 3 is 2.62 bits per heavy atom. The molecule has 0 rings (SSSR count). The van der Waals surface area contributed by atoms with Crippen LogP contribution in [0.2, 0.25) is 0 Å². The number of hydrogen-bond acceptors (Lipinski definition) is 3. The van der Waals surface area contributed by atoms with E-state index in [9.17, 15) is 4.79 Å². The normalized spacial score (nSPS) is 10.5. The molecule has 2 N–H and O–H groups in total. The van der Waals surface area contributed by atoms with Gasteiger partial charge in [-0.05, 0) is 19.5 Å². The van der Waals surface area contributed by atoms with Crippen LogP contribution in [-0.2, 0) is 4.79 Å². The number of amides is 1. The lowest BCUT2D eigenvalue weighted by Gasteiger charge is -2.18. The fraction of sp³-hybridized carbons (Fsp3) is 0.889. The van der Waals surface area contributed by atoms with Crippen LogP contribution in [0.5, 0.6) is 0 Å². The van der Waals surface area contributed by atoms with Crippen LogP contribution >= 0.6 is 0 Å². The second-order valence-electron chi connectivity index (χ2n) is 2.94. The molecular weight excluding hydrogens is 168 g/mol. The van der Waals surface area contributed by atoms with E-state index in [4.69, 9.17) is 5.11 Å². The highest BCUT2D eigenvalue weighted by atomic mass is 16.3. The van der Waals surface area contributed by atoms with E-state index in [1.807, 2.05) is 6.92 Å². The molecule has 0 saturated heterocycles. The summed E-state index contributed by atoms with van der Waals surface area (Å²) in [5.74, 6) is -0.00986. The Morgan fingerprint density at radius 2 is 2.15 bits per heavy atom. The van der Waals surface area contributed by atoms with E-state index in [1.54, 1.807) is 0 Å². The van der Waals surface area contributed by atoms with E-state index in [0.29, 0.717) is 13.1 Å². The number of nitrogens with zero attached hydrogens (tertiary/aromatic N) is 1. The molecule has 0 atom stereocenters. The van der Waals surface area contributed by atoms with Gasteiger partial charge in [0.1, 0.15) is 0 Å². The molecule has 1 amide bonds. The molecule has 13 heavy (non-hydrogen) atoms. The van der Waals surface area contributed by atoms with Crippen LogP contribution in [-0.4, -0.2) is 48.7 Å². The summed E-state index contributed by atoms with van der Waals surface area (Å²) in [6, 6.07) is 0. The van der Waals surface area contributed by atoms with Crippen molar-refractivity contribution in [2.75, 3.05) is 32.8 Å². The summed E-state index contributed by atoms with van der Waals surface area (Å²) >= 11 is 0. The van der Waals surface area contributed by atoms with Gasteiger partial charge in [0.05, 0.1) is 13.2 Å². The third kappa shape index (κ3) is 6.54. The smallest absolute Gasteiger partial charge is 0.234 e. The fourth-order valence-electron chi connectivity index (χ4n) is 1.12. The first kappa shape index (κ1) is 12.4. The highest BCUT2D eigenvalue weighted by Gasteiger charge is 2.06. The zero-order chi connectivity index (χ0) is 10.1. The van der Waals surface area contributed by atoms with Gasteiger partial charge in [-0.3, -0.25) is 9.69 Å². The molecular formula is C9H20N2O2. The maximum absolute atomic E-state index is 11.2. The zero-order valence-corrected chi connectivity index (χ0v) is 8.55. The Labute approximate surface area is 79.9 Å². The van der Waals surface area contributed by atoms with Crippen LogP contribution in [0, 0.1) is 0 Å². The lowest BCUT2D eigenvalue weighted by atomic mass is 10.4. The average molecular weight is 188 g/mol. The van der Waals surface area contributed by atoms with E-state index in [0.717, 1.165) is 19.5 Å². The standard InChI is InChI=1S/C9H20N2O2/c1-3-6-11(4-2)8-9(13)10-5-7-12/h12H,3-8H2,1-2H3,(H,10,13). The Bertz CT molecular complexity index is 140. The lowest BCUT2D eigenvalue weighted by Crippen LogP contribution is -2.38. The van der Waals surface area contributed by atoms with Crippen molar-refractivity contribution < 1.29 is 9.90 Å². The number of carbonyl (C=O) groups is 1. The molecule has 0 saturated carbocycles. The molecule has 0 heterocycles. The minimum Gasteiger partial charge on any atom is -0.395 e. The number of aliphatic hydroxyl groups is 1. The van der Waals surface area contributed by atoms with Crippen molar-refractivity contribution in [1.82, 2.24) is 10.2 Å².